The van der Waals surface area contributed by atoms with Crippen molar-refractivity contribution in [1.29, 1.82) is 0 Å². The molecule has 0 radical (unpaired) electrons. The molecule has 14 heteroatoms. The number of nitrogens with two attached hydrogens (primary N) is 2. The van der Waals surface area contributed by atoms with Crippen molar-refractivity contribution in [1.82, 2.24) is 0 Å². The summed E-state index contributed by atoms with van der Waals surface area (Å²) in [6, 6.07) is 8.45. The van der Waals surface area contributed by atoms with Gasteiger partial charge in [0.25, 0.3) is 10.1 Å². The molecule has 0 atom stereocenters. The Labute approximate surface area is 193 Å². The Kier molecular flexibility index (Phi) is 6.78. The summed E-state index contributed by atoms with van der Waals surface area (Å²) in [5, 5.41) is 17.6. The van der Waals surface area contributed by atoms with Gasteiger partial charge in [-0.25, -0.2) is 8.42 Å². The van der Waals surface area contributed by atoms with Crippen LogP contribution in [0, 0.1) is 0 Å². The maximum Gasteiger partial charge on any atom is 1.00 e. The van der Waals surface area contributed by atoms with Gasteiger partial charge in [-0.3, -0.25) is 4.55 Å². The molecule has 152 valence electrons. The number of azo groups is 1. The van der Waals surface area contributed by atoms with Gasteiger partial charge in [0.15, 0.2) is 5.75 Å². The van der Waals surface area contributed by atoms with Gasteiger partial charge in [-0.2, -0.15) is 13.5 Å². The van der Waals surface area contributed by atoms with Crippen LogP contribution in [0.3, 0.4) is 0 Å². The van der Waals surface area contributed by atoms with Crippen LogP contribution in [-0.4, -0.2) is 31.0 Å². The second-order valence-corrected chi connectivity index (χ2v) is 8.67. The third kappa shape index (κ3) is 4.89. The fourth-order valence-electron chi connectivity index (χ4n) is 2.58. The van der Waals surface area contributed by atoms with Gasteiger partial charge in [0.1, 0.15) is 20.7 Å². The number of fused-ring (bicyclic) bond motifs is 1. The number of nitrogen functional groups attached to an aromatic ring is 2. The van der Waals surface area contributed by atoms with Crippen molar-refractivity contribution >= 4 is 53.8 Å². The Balaban J connectivity index is 0.00000320. The van der Waals surface area contributed by atoms with E-state index in [2.05, 4.69) is 10.2 Å². The van der Waals surface area contributed by atoms with Crippen LogP contribution in [0.2, 0.25) is 0 Å². The third-order valence-corrected chi connectivity index (χ3v) is 5.56. The number of aromatic hydroxyl groups is 1. The van der Waals surface area contributed by atoms with E-state index >= 15 is 0 Å². The summed E-state index contributed by atoms with van der Waals surface area (Å²) < 4.78 is 66.9. The molecule has 0 spiro atoms. The maximum atomic E-state index is 11.8. The van der Waals surface area contributed by atoms with Crippen LogP contribution < -0.4 is 41.0 Å². The molecule has 0 amide bonds. The van der Waals surface area contributed by atoms with Crippen molar-refractivity contribution in [3.05, 3.63) is 42.5 Å². The largest absolute Gasteiger partial charge is 1.00 e. The fourth-order valence-corrected chi connectivity index (χ4v) is 3.78. The summed E-state index contributed by atoms with van der Waals surface area (Å²) in [5.74, 6) is -0.776. The Bertz CT molecular complexity index is 1370. The molecule has 0 heterocycles. The minimum Gasteiger partial charge on any atom is -0.744 e. The molecule has 6 N–H and O–H groups in total. The van der Waals surface area contributed by atoms with Crippen LogP contribution >= 0.6 is 0 Å². The van der Waals surface area contributed by atoms with E-state index in [-0.39, 0.29) is 51.7 Å². The van der Waals surface area contributed by atoms with E-state index in [0.717, 1.165) is 18.2 Å². The molecular formula is C16H13N4NaO7S2. The molecule has 3 aromatic carbocycles. The summed E-state index contributed by atoms with van der Waals surface area (Å²) in [6.07, 6.45) is 0. The minimum absolute atomic E-state index is 0. The van der Waals surface area contributed by atoms with Gasteiger partial charge in [0.2, 0.25) is 0 Å². The van der Waals surface area contributed by atoms with Crippen LogP contribution in [0.5, 0.6) is 5.75 Å². The predicted molar refractivity (Wildman–Crippen MR) is 103 cm³/mol. The second kappa shape index (κ2) is 8.47. The number of rotatable bonds is 4. The topological polar surface area (TPSA) is 209 Å². The van der Waals surface area contributed by atoms with E-state index in [1.807, 2.05) is 0 Å². The van der Waals surface area contributed by atoms with Crippen LogP contribution in [0.15, 0.2) is 62.5 Å². The summed E-state index contributed by atoms with van der Waals surface area (Å²) >= 11 is 0. The zero-order valence-electron chi connectivity index (χ0n) is 15.3. The van der Waals surface area contributed by atoms with E-state index in [4.69, 9.17) is 11.5 Å². The minimum atomic E-state index is -4.92. The number of hydrogen-bond acceptors (Lipinski definition) is 10. The first-order valence-electron chi connectivity index (χ1n) is 7.68. The van der Waals surface area contributed by atoms with Gasteiger partial charge in [0, 0.05) is 16.8 Å². The molecule has 3 rings (SSSR count). The molecule has 0 unspecified atom stereocenters. The number of phenolic OH excluding ortho intramolecular Hbond substituents is 1. The fraction of sp³-hybridized carbons (Fsp3) is 0. The molecule has 0 fully saturated rings. The van der Waals surface area contributed by atoms with Crippen LogP contribution in [0.1, 0.15) is 0 Å². The Morgan fingerprint density at radius 1 is 0.933 bits per heavy atom. The summed E-state index contributed by atoms with van der Waals surface area (Å²) in [7, 11) is -9.84. The SMILES string of the molecule is Nc1ccc(N=Nc2c(S(=O)(=O)O)cc3cc(S(=O)(=O)[O-])cc(N)c3c2O)cc1.[Na+]. The molecule has 0 aromatic heterocycles. The molecular weight excluding hydrogens is 447 g/mol. The molecule has 0 saturated heterocycles. The average molecular weight is 460 g/mol. The molecule has 0 aliphatic rings. The molecule has 3 aromatic rings. The maximum absolute atomic E-state index is 11.8. The van der Waals surface area contributed by atoms with E-state index in [9.17, 15) is 31.0 Å². The number of anilines is 2. The zero-order chi connectivity index (χ0) is 21.6. The van der Waals surface area contributed by atoms with Crippen molar-refractivity contribution in [3.63, 3.8) is 0 Å². The number of nitrogens with zero attached hydrogens (tertiary/aromatic N) is 2. The van der Waals surface area contributed by atoms with Crippen LogP contribution in [0.25, 0.3) is 10.8 Å². The first-order valence-corrected chi connectivity index (χ1v) is 10.5. The van der Waals surface area contributed by atoms with E-state index < -0.39 is 41.5 Å². The van der Waals surface area contributed by atoms with Crippen molar-refractivity contribution < 1.29 is 60.6 Å². The van der Waals surface area contributed by atoms with Gasteiger partial charge < -0.3 is 21.1 Å². The zero-order valence-corrected chi connectivity index (χ0v) is 19.0. The Hall–Kier alpha value is -2.26. The van der Waals surface area contributed by atoms with Crippen molar-refractivity contribution in [3.8, 4) is 5.75 Å². The normalized spacial score (nSPS) is 12.2. The van der Waals surface area contributed by atoms with Gasteiger partial charge in [-0.05, 0) is 47.9 Å². The molecule has 0 aliphatic heterocycles. The van der Waals surface area contributed by atoms with Crippen LogP contribution in [-0.2, 0) is 20.2 Å². The quantitative estimate of drug-likeness (QED) is 0.167. The average Bonchev–Trinajstić information content (AvgIpc) is 2.60. The van der Waals surface area contributed by atoms with Gasteiger partial charge in [-0.1, -0.05) is 0 Å². The first-order chi connectivity index (χ1) is 13.4. The number of hydrogen-bond donors (Lipinski definition) is 4. The number of benzene rings is 3. The third-order valence-electron chi connectivity index (χ3n) is 3.88. The second-order valence-electron chi connectivity index (χ2n) is 5.90. The van der Waals surface area contributed by atoms with Crippen molar-refractivity contribution in [2.45, 2.75) is 9.79 Å². The molecule has 0 bridgehead atoms. The van der Waals surface area contributed by atoms with Crippen molar-refractivity contribution in [2.24, 2.45) is 10.2 Å². The van der Waals surface area contributed by atoms with E-state index in [0.29, 0.717) is 5.69 Å². The van der Waals surface area contributed by atoms with Gasteiger partial charge in [0.05, 0.1) is 10.6 Å². The Morgan fingerprint density at radius 2 is 1.53 bits per heavy atom. The van der Waals surface area contributed by atoms with E-state index in [1.54, 1.807) is 0 Å². The molecule has 0 aliphatic carbocycles. The predicted octanol–water partition coefficient (Wildman–Crippen LogP) is -0.720. The van der Waals surface area contributed by atoms with Gasteiger partial charge in [-0.15, -0.1) is 5.11 Å². The standard InChI is InChI=1S/C16H14N4O7S2.Na/c17-9-1-3-10(4-2-9)19-20-15-13(29(25,26)27)6-8-5-11(28(22,23)24)7-12(18)14(8)16(15)21;/h1-7,21H,17-18H2,(H,22,23,24)(H,25,26,27);/q;+1/p-1. The van der Waals surface area contributed by atoms with Gasteiger partial charge >= 0.3 is 29.6 Å². The summed E-state index contributed by atoms with van der Waals surface area (Å²) in [5.41, 5.74) is 11.1. The smallest absolute Gasteiger partial charge is 0.744 e. The van der Waals surface area contributed by atoms with Crippen LogP contribution in [0.4, 0.5) is 22.7 Å². The summed E-state index contributed by atoms with van der Waals surface area (Å²) in [6.45, 7) is 0. The van der Waals surface area contributed by atoms with E-state index in [1.165, 1.54) is 24.3 Å². The van der Waals surface area contributed by atoms with Crippen molar-refractivity contribution in [2.75, 3.05) is 11.5 Å². The monoisotopic (exact) mass is 460 g/mol. The summed E-state index contributed by atoms with van der Waals surface area (Å²) in [4.78, 5) is -1.60. The molecule has 11 nitrogen and oxygen atoms in total. The molecule has 0 saturated carbocycles. The first kappa shape index (κ1) is 24.0. The molecule has 30 heavy (non-hydrogen) atoms. The Morgan fingerprint density at radius 3 is 2.07 bits per heavy atom. The number of phenols is 1.